The lowest BCUT2D eigenvalue weighted by molar-refractivity contribution is 0.289. The number of halogens is 1. The first-order valence-corrected chi connectivity index (χ1v) is 5.79. The summed E-state index contributed by atoms with van der Waals surface area (Å²) in [5.41, 5.74) is 0.552. The summed E-state index contributed by atoms with van der Waals surface area (Å²) >= 11 is 0. The van der Waals surface area contributed by atoms with Crippen molar-refractivity contribution in [3.63, 3.8) is 0 Å². The molecule has 1 aromatic carbocycles. The van der Waals surface area contributed by atoms with E-state index in [9.17, 15) is 4.39 Å². The van der Waals surface area contributed by atoms with Gasteiger partial charge in [0.25, 0.3) is 0 Å². The van der Waals surface area contributed by atoms with Crippen molar-refractivity contribution in [1.82, 2.24) is 9.78 Å². The van der Waals surface area contributed by atoms with Gasteiger partial charge < -0.3 is 9.84 Å². The molecule has 0 bridgehead atoms. The minimum Gasteiger partial charge on any atom is -0.490 e. The van der Waals surface area contributed by atoms with Crippen molar-refractivity contribution in [2.24, 2.45) is 0 Å². The maximum atomic E-state index is 13.2. The van der Waals surface area contributed by atoms with E-state index in [1.54, 1.807) is 10.9 Å². The van der Waals surface area contributed by atoms with Crippen LogP contribution in [0.4, 0.5) is 4.39 Å². The largest absolute Gasteiger partial charge is 0.490 e. The minimum absolute atomic E-state index is 0.246. The lowest BCUT2D eigenvalue weighted by atomic mass is 10.2. The third-order valence-electron chi connectivity index (χ3n) is 2.38. The third-order valence-corrected chi connectivity index (χ3v) is 2.38. The van der Waals surface area contributed by atoms with E-state index in [1.807, 2.05) is 12.3 Å². The van der Waals surface area contributed by atoms with E-state index in [2.05, 4.69) is 16.9 Å². The lowest BCUT2D eigenvalue weighted by Crippen LogP contribution is -2.09. The fourth-order valence-electron chi connectivity index (χ4n) is 1.54. The molecule has 0 aliphatic rings. The quantitative estimate of drug-likeness (QED) is 0.846. The highest BCUT2D eigenvalue weighted by Crippen LogP contribution is 2.19. The van der Waals surface area contributed by atoms with Crippen molar-refractivity contribution in [3.05, 3.63) is 48.0 Å². The van der Waals surface area contributed by atoms with Crippen LogP contribution in [0.15, 0.2) is 36.7 Å². The maximum Gasteiger partial charge on any atom is 0.137 e. The molecule has 2 rings (SSSR count). The van der Waals surface area contributed by atoms with Crippen LogP contribution in [0.25, 0.3) is 0 Å². The zero-order valence-corrected chi connectivity index (χ0v) is 10.2. The molecule has 4 nitrogen and oxygen atoms in total. The van der Waals surface area contributed by atoms with Crippen LogP contribution >= 0.6 is 0 Å². The molecular weight excluding hydrogens is 247 g/mol. The van der Waals surface area contributed by atoms with Crippen LogP contribution < -0.4 is 4.74 Å². The Morgan fingerprint density at radius 2 is 2.32 bits per heavy atom. The smallest absolute Gasteiger partial charge is 0.137 e. The molecule has 0 spiro atoms. The van der Waals surface area contributed by atoms with Crippen LogP contribution in [0.3, 0.4) is 0 Å². The van der Waals surface area contributed by atoms with E-state index in [0.717, 1.165) is 0 Å². The summed E-state index contributed by atoms with van der Waals surface area (Å²) in [6, 6.07) is 5.94. The van der Waals surface area contributed by atoms with Gasteiger partial charge in [-0.25, -0.2) is 4.39 Å². The Labute approximate surface area is 110 Å². The molecule has 2 aromatic rings. The Kier molecular flexibility index (Phi) is 4.54. The average Bonchev–Trinajstić information content (AvgIpc) is 2.91. The van der Waals surface area contributed by atoms with Crippen LogP contribution in [0.5, 0.6) is 5.75 Å². The van der Waals surface area contributed by atoms with Gasteiger partial charge >= 0.3 is 0 Å². The first-order valence-electron chi connectivity index (χ1n) is 5.79. The van der Waals surface area contributed by atoms with Crippen LogP contribution in [0.1, 0.15) is 5.56 Å². The zero-order valence-electron chi connectivity index (χ0n) is 10.2. The number of benzene rings is 1. The predicted molar refractivity (Wildman–Crippen MR) is 68.1 cm³/mol. The highest BCUT2D eigenvalue weighted by molar-refractivity contribution is 5.46. The molecule has 5 heteroatoms. The Morgan fingerprint density at radius 3 is 3.05 bits per heavy atom. The lowest BCUT2D eigenvalue weighted by Gasteiger charge is -2.08. The molecular formula is C14H13FN2O2. The van der Waals surface area contributed by atoms with Crippen LogP contribution in [0, 0.1) is 17.7 Å². The average molecular weight is 260 g/mol. The van der Waals surface area contributed by atoms with Crippen molar-refractivity contribution >= 4 is 0 Å². The number of aromatic nitrogens is 2. The number of rotatable bonds is 4. The minimum atomic E-state index is -0.386. The molecule has 0 fully saturated rings. The van der Waals surface area contributed by atoms with Gasteiger partial charge in [-0.3, -0.25) is 4.68 Å². The third kappa shape index (κ3) is 3.83. The number of hydrogen-bond acceptors (Lipinski definition) is 3. The van der Waals surface area contributed by atoms with Crippen molar-refractivity contribution in [2.75, 3.05) is 13.2 Å². The van der Waals surface area contributed by atoms with Crippen molar-refractivity contribution in [1.29, 1.82) is 0 Å². The highest BCUT2D eigenvalue weighted by atomic mass is 19.1. The molecule has 1 N–H and O–H groups in total. The normalized spacial score (nSPS) is 9.79. The molecule has 0 aliphatic heterocycles. The second-order valence-corrected chi connectivity index (χ2v) is 3.72. The Bertz CT molecular complexity index is 585. The standard InChI is InChI=1S/C14H13FN2O2/c15-13-5-4-12(3-1-9-18)14(11-13)19-10-8-17-7-2-6-16-17/h2,4-7,11,18H,8-10H2. The summed E-state index contributed by atoms with van der Waals surface area (Å²) in [7, 11) is 0. The monoisotopic (exact) mass is 260 g/mol. The predicted octanol–water partition coefficient (Wildman–Crippen LogP) is 1.45. The van der Waals surface area contributed by atoms with Gasteiger partial charge in [-0.15, -0.1) is 0 Å². The number of aliphatic hydroxyl groups excluding tert-OH is 1. The van der Waals surface area contributed by atoms with Crippen LogP contribution in [0.2, 0.25) is 0 Å². The molecule has 0 aliphatic carbocycles. The van der Waals surface area contributed by atoms with Crippen molar-refractivity contribution in [3.8, 4) is 17.6 Å². The first kappa shape index (κ1) is 13.1. The van der Waals surface area contributed by atoms with E-state index in [4.69, 9.17) is 9.84 Å². The molecule has 0 saturated carbocycles. The number of ether oxygens (including phenoxy) is 1. The molecule has 0 amide bonds. The van der Waals surface area contributed by atoms with Crippen molar-refractivity contribution < 1.29 is 14.2 Å². The molecule has 98 valence electrons. The summed E-state index contributed by atoms with van der Waals surface area (Å²) < 4.78 is 20.4. The molecule has 19 heavy (non-hydrogen) atoms. The van der Waals surface area contributed by atoms with Gasteiger partial charge in [-0.05, 0) is 18.2 Å². The fourth-order valence-corrected chi connectivity index (χ4v) is 1.54. The number of hydrogen-bond donors (Lipinski definition) is 1. The second kappa shape index (κ2) is 6.57. The van der Waals surface area contributed by atoms with E-state index < -0.39 is 0 Å². The number of nitrogens with zero attached hydrogens (tertiary/aromatic N) is 2. The van der Waals surface area contributed by atoms with Crippen LogP contribution in [-0.4, -0.2) is 28.1 Å². The van der Waals surface area contributed by atoms with Crippen LogP contribution in [-0.2, 0) is 6.54 Å². The Morgan fingerprint density at radius 1 is 1.42 bits per heavy atom. The molecule has 0 radical (unpaired) electrons. The summed E-state index contributed by atoms with van der Waals surface area (Å²) in [6.07, 6.45) is 3.50. The summed E-state index contributed by atoms with van der Waals surface area (Å²) in [5.74, 6) is 5.22. The van der Waals surface area contributed by atoms with E-state index >= 15 is 0 Å². The molecule has 0 atom stereocenters. The topological polar surface area (TPSA) is 47.3 Å². The zero-order chi connectivity index (χ0) is 13.5. The second-order valence-electron chi connectivity index (χ2n) is 3.72. The summed E-state index contributed by atoms with van der Waals surface area (Å²) in [5, 5.41) is 12.7. The van der Waals surface area contributed by atoms with Crippen molar-refractivity contribution in [2.45, 2.75) is 6.54 Å². The Hall–Kier alpha value is -2.32. The summed E-state index contributed by atoms with van der Waals surface area (Å²) in [4.78, 5) is 0. The van der Waals surface area contributed by atoms with Gasteiger partial charge in [-0.1, -0.05) is 11.8 Å². The van der Waals surface area contributed by atoms with E-state index in [1.165, 1.54) is 18.2 Å². The summed E-state index contributed by atoms with van der Waals surface area (Å²) in [6.45, 7) is 0.680. The van der Waals surface area contributed by atoms with E-state index in [-0.39, 0.29) is 12.4 Å². The van der Waals surface area contributed by atoms with Gasteiger partial charge in [-0.2, -0.15) is 5.10 Å². The first-order chi connectivity index (χ1) is 9.29. The Balaban J connectivity index is 2.03. The molecule has 0 saturated heterocycles. The molecule has 0 unspecified atom stereocenters. The molecule has 1 heterocycles. The van der Waals surface area contributed by atoms with Gasteiger partial charge in [0.1, 0.15) is 24.8 Å². The maximum absolute atomic E-state index is 13.2. The molecule has 1 aromatic heterocycles. The van der Waals surface area contributed by atoms with Gasteiger partial charge in [0.2, 0.25) is 0 Å². The van der Waals surface area contributed by atoms with Gasteiger partial charge in [0.15, 0.2) is 0 Å². The van der Waals surface area contributed by atoms with E-state index in [0.29, 0.717) is 24.5 Å². The SMILES string of the molecule is OCC#Cc1ccc(F)cc1OCCn1cccn1. The highest BCUT2D eigenvalue weighted by Gasteiger charge is 2.03. The van der Waals surface area contributed by atoms with Gasteiger partial charge in [0.05, 0.1) is 12.1 Å². The fraction of sp³-hybridized carbons (Fsp3) is 0.214. The number of aliphatic hydroxyl groups is 1. The van der Waals surface area contributed by atoms with Gasteiger partial charge in [0, 0.05) is 18.5 Å².